The summed E-state index contributed by atoms with van der Waals surface area (Å²) in [5.41, 5.74) is 0. The van der Waals surface area contributed by atoms with Gasteiger partial charge in [0.1, 0.15) is 0 Å². The molecule has 2 atom stereocenters. The molecule has 2 aliphatic rings. The first-order chi connectivity index (χ1) is 9.24. The van der Waals surface area contributed by atoms with Crippen LogP contribution in [-0.2, 0) is 4.79 Å². The second kappa shape index (κ2) is 7.85. The molecular formula is C15H28N2O2. The summed E-state index contributed by atoms with van der Waals surface area (Å²) in [6.07, 6.45) is 10.2. The molecule has 2 fully saturated rings. The predicted octanol–water partition coefficient (Wildman–Crippen LogP) is 1.58. The molecule has 0 aromatic rings. The van der Waals surface area contributed by atoms with Crippen LogP contribution in [-0.4, -0.2) is 36.2 Å². The van der Waals surface area contributed by atoms with Crippen molar-refractivity contribution in [1.29, 1.82) is 0 Å². The Labute approximate surface area is 116 Å². The van der Waals surface area contributed by atoms with Crippen molar-refractivity contribution < 1.29 is 9.90 Å². The van der Waals surface area contributed by atoms with Crippen LogP contribution in [0.4, 0.5) is 0 Å². The Kier molecular flexibility index (Phi) is 6.11. The number of carbonyl (C=O) groups excluding carboxylic acids is 1. The zero-order valence-corrected chi connectivity index (χ0v) is 11.9. The number of carbonyl (C=O) groups is 1. The predicted molar refractivity (Wildman–Crippen MR) is 75.9 cm³/mol. The molecule has 0 radical (unpaired) electrons. The molecule has 0 saturated heterocycles. The SMILES string of the molecule is O=C(CNCC1CCC(O)C1)NC1CCCCCC1. The minimum Gasteiger partial charge on any atom is -0.393 e. The lowest BCUT2D eigenvalue weighted by Crippen LogP contribution is -2.41. The first-order valence-electron chi connectivity index (χ1n) is 7.92. The van der Waals surface area contributed by atoms with E-state index in [0.717, 1.165) is 38.6 Å². The van der Waals surface area contributed by atoms with E-state index in [4.69, 9.17) is 0 Å². The van der Waals surface area contributed by atoms with E-state index >= 15 is 0 Å². The van der Waals surface area contributed by atoms with Gasteiger partial charge in [-0.25, -0.2) is 0 Å². The summed E-state index contributed by atoms with van der Waals surface area (Å²) >= 11 is 0. The summed E-state index contributed by atoms with van der Waals surface area (Å²) in [4.78, 5) is 11.8. The maximum atomic E-state index is 11.8. The number of rotatable bonds is 5. The molecular weight excluding hydrogens is 240 g/mol. The fraction of sp³-hybridized carbons (Fsp3) is 0.933. The van der Waals surface area contributed by atoms with E-state index in [9.17, 15) is 9.90 Å². The molecule has 0 aromatic carbocycles. The number of aliphatic hydroxyl groups is 1. The third kappa shape index (κ3) is 5.49. The smallest absolute Gasteiger partial charge is 0.234 e. The maximum Gasteiger partial charge on any atom is 0.234 e. The molecule has 2 aliphatic carbocycles. The Morgan fingerprint density at radius 1 is 1.05 bits per heavy atom. The zero-order chi connectivity index (χ0) is 13.5. The van der Waals surface area contributed by atoms with Gasteiger partial charge in [0.05, 0.1) is 12.6 Å². The van der Waals surface area contributed by atoms with Crippen LogP contribution in [0.3, 0.4) is 0 Å². The lowest BCUT2D eigenvalue weighted by molar-refractivity contribution is -0.121. The largest absolute Gasteiger partial charge is 0.393 e. The summed E-state index contributed by atoms with van der Waals surface area (Å²) in [6.45, 7) is 1.28. The molecule has 2 rings (SSSR count). The first-order valence-corrected chi connectivity index (χ1v) is 7.92. The molecule has 1 amide bonds. The van der Waals surface area contributed by atoms with E-state index in [0.29, 0.717) is 18.5 Å². The topological polar surface area (TPSA) is 61.4 Å². The van der Waals surface area contributed by atoms with E-state index < -0.39 is 0 Å². The van der Waals surface area contributed by atoms with Gasteiger partial charge in [0, 0.05) is 6.04 Å². The van der Waals surface area contributed by atoms with E-state index in [1.165, 1.54) is 25.7 Å². The molecule has 2 saturated carbocycles. The number of nitrogens with one attached hydrogen (secondary N) is 2. The van der Waals surface area contributed by atoms with Crippen LogP contribution in [0.15, 0.2) is 0 Å². The Bertz CT molecular complexity index is 275. The summed E-state index contributed by atoms with van der Waals surface area (Å²) in [5, 5.41) is 15.8. The molecule has 4 heteroatoms. The Balaban J connectivity index is 1.56. The average Bonchev–Trinajstić information content (AvgIpc) is 2.63. The van der Waals surface area contributed by atoms with Crippen molar-refractivity contribution in [2.75, 3.05) is 13.1 Å². The van der Waals surface area contributed by atoms with Crippen LogP contribution in [0.5, 0.6) is 0 Å². The molecule has 0 heterocycles. The Hall–Kier alpha value is -0.610. The summed E-state index contributed by atoms with van der Waals surface area (Å²) in [6, 6.07) is 0.394. The normalized spacial score (nSPS) is 29.1. The second-order valence-corrected chi connectivity index (χ2v) is 6.22. The number of hydrogen-bond donors (Lipinski definition) is 3. The highest BCUT2D eigenvalue weighted by Crippen LogP contribution is 2.24. The van der Waals surface area contributed by atoms with Gasteiger partial charge in [0.25, 0.3) is 0 Å². The lowest BCUT2D eigenvalue weighted by atomic mass is 10.1. The van der Waals surface area contributed by atoms with Crippen molar-refractivity contribution in [3.63, 3.8) is 0 Å². The van der Waals surface area contributed by atoms with E-state index in [1.54, 1.807) is 0 Å². The van der Waals surface area contributed by atoms with Gasteiger partial charge in [-0.1, -0.05) is 25.7 Å². The van der Waals surface area contributed by atoms with E-state index in [-0.39, 0.29) is 12.0 Å². The monoisotopic (exact) mass is 268 g/mol. The molecule has 3 N–H and O–H groups in total. The van der Waals surface area contributed by atoms with Gasteiger partial charge in [-0.05, 0) is 44.6 Å². The fourth-order valence-electron chi connectivity index (χ4n) is 3.33. The first kappa shape index (κ1) is 14.8. The highest BCUT2D eigenvalue weighted by molar-refractivity contribution is 5.78. The summed E-state index contributed by atoms with van der Waals surface area (Å²) < 4.78 is 0. The number of aliphatic hydroxyl groups excluding tert-OH is 1. The molecule has 110 valence electrons. The average molecular weight is 268 g/mol. The van der Waals surface area contributed by atoms with E-state index in [1.807, 2.05) is 0 Å². The molecule has 4 nitrogen and oxygen atoms in total. The highest BCUT2D eigenvalue weighted by Gasteiger charge is 2.22. The molecule has 2 unspecified atom stereocenters. The van der Waals surface area contributed by atoms with Crippen molar-refractivity contribution in [2.45, 2.75) is 69.9 Å². The van der Waals surface area contributed by atoms with Gasteiger partial charge >= 0.3 is 0 Å². The van der Waals surface area contributed by atoms with E-state index in [2.05, 4.69) is 10.6 Å². The molecule has 0 bridgehead atoms. The fourth-order valence-corrected chi connectivity index (χ4v) is 3.33. The number of hydrogen-bond acceptors (Lipinski definition) is 3. The third-order valence-corrected chi connectivity index (χ3v) is 4.45. The highest BCUT2D eigenvalue weighted by atomic mass is 16.3. The van der Waals surface area contributed by atoms with Crippen LogP contribution >= 0.6 is 0 Å². The van der Waals surface area contributed by atoms with Crippen LogP contribution in [0, 0.1) is 5.92 Å². The van der Waals surface area contributed by atoms with Crippen LogP contribution in [0.25, 0.3) is 0 Å². The minimum absolute atomic E-state index is 0.119. The van der Waals surface area contributed by atoms with Gasteiger partial charge < -0.3 is 15.7 Å². The Morgan fingerprint density at radius 2 is 1.79 bits per heavy atom. The van der Waals surface area contributed by atoms with Gasteiger partial charge in [0.2, 0.25) is 5.91 Å². The van der Waals surface area contributed by atoms with Crippen LogP contribution < -0.4 is 10.6 Å². The minimum atomic E-state index is -0.119. The summed E-state index contributed by atoms with van der Waals surface area (Å²) in [5.74, 6) is 0.672. The zero-order valence-electron chi connectivity index (χ0n) is 11.9. The van der Waals surface area contributed by atoms with Crippen molar-refractivity contribution in [3.8, 4) is 0 Å². The lowest BCUT2D eigenvalue weighted by Gasteiger charge is -2.17. The van der Waals surface area contributed by atoms with Crippen molar-refractivity contribution in [1.82, 2.24) is 10.6 Å². The van der Waals surface area contributed by atoms with Crippen molar-refractivity contribution in [3.05, 3.63) is 0 Å². The molecule has 0 aromatic heterocycles. The van der Waals surface area contributed by atoms with Crippen LogP contribution in [0.2, 0.25) is 0 Å². The van der Waals surface area contributed by atoms with Crippen molar-refractivity contribution in [2.24, 2.45) is 5.92 Å². The van der Waals surface area contributed by atoms with Gasteiger partial charge in [0.15, 0.2) is 0 Å². The molecule has 0 spiro atoms. The van der Waals surface area contributed by atoms with Crippen LogP contribution in [0.1, 0.15) is 57.8 Å². The second-order valence-electron chi connectivity index (χ2n) is 6.22. The van der Waals surface area contributed by atoms with Gasteiger partial charge in [-0.3, -0.25) is 4.79 Å². The molecule has 0 aliphatic heterocycles. The summed E-state index contributed by atoms with van der Waals surface area (Å²) in [7, 11) is 0. The standard InChI is InChI=1S/C15H28N2O2/c18-14-8-7-12(9-14)10-16-11-15(19)17-13-5-3-1-2-4-6-13/h12-14,16,18H,1-11H2,(H,17,19). The quantitative estimate of drug-likeness (QED) is 0.663. The van der Waals surface area contributed by atoms with Crippen molar-refractivity contribution >= 4 is 5.91 Å². The van der Waals surface area contributed by atoms with Gasteiger partial charge in [-0.15, -0.1) is 0 Å². The maximum absolute atomic E-state index is 11.8. The third-order valence-electron chi connectivity index (χ3n) is 4.45. The molecule has 19 heavy (non-hydrogen) atoms. The Morgan fingerprint density at radius 3 is 2.42 bits per heavy atom. The van der Waals surface area contributed by atoms with Gasteiger partial charge in [-0.2, -0.15) is 0 Å². The number of amides is 1.